The van der Waals surface area contributed by atoms with Crippen LogP contribution in [0.1, 0.15) is 50.1 Å². The lowest BCUT2D eigenvalue weighted by atomic mass is 10.1. The highest BCUT2D eigenvalue weighted by molar-refractivity contribution is 9.10. The molecule has 6 rings (SSSR count). The number of halogens is 2. The molecule has 1 atom stereocenters. The highest BCUT2D eigenvalue weighted by atomic mass is 79.9. The number of aryl methyl sites for hydroxylation is 1. The molecule has 1 N–H and O–H groups in total. The summed E-state index contributed by atoms with van der Waals surface area (Å²) in [7, 11) is 3.19. The van der Waals surface area contributed by atoms with Gasteiger partial charge >= 0.3 is 5.69 Å². The van der Waals surface area contributed by atoms with Crippen LogP contribution in [0.4, 0.5) is 0 Å². The molecule has 0 fully saturated rings. The summed E-state index contributed by atoms with van der Waals surface area (Å²) in [6, 6.07) is 17.6. The van der Waals surface area contributed by atoms with Crippen LogP contribution < -0.4 is 20.5 Å². The third-order valence-corrected chi connectivity index (χ3v) is 9.14. The van der Waals surface area contributed by atoms with Gasteiger partial charge in [-0.2, -0.15) is 0 Å². The van der Waals surface area contributed by atoms with Crippen molar-refractivity contribution in [3.63, 3.8) is 0 Å². The van der Waals surface area contributed by atoms with Gasteiger partial charge in [-0.1, -0.05) is 17.7 Å². The van der Waals surface area contributed by atoms with Crippen molar-refractivity contribution >= 4 is 39.3 Å². The smallest absolute Gasteiger partial charge is 0.333 e. The lowest BCUT2D eigenvalue weighted by Gasteiger charge is -2.28. The zero-order chi connectivity index (χ0) is 29.5. The van der Waals surface area contributed by atoms with Crippen LogP contribution in [0.25, 0.3) is 5.69 Å². The maximum atomic E-state index is 14.1. The SMILES string of the molecule is COc1ccc(-n2c(C(=O)N[C@H]3CCc4cc(OC)ccc43)c3n(c2=O)CCN(C(=O)c2ccc(Br)c(Cl)c2)C3)cc1. The first-order valence-electron chi connectivity index (χ1n) is 13.5. The van der Waals surface area contributed by atoms with Gasteiger partial charge in [-0.05, 0) is 94.5 Å². The van der Waals surface area contributed by atoms with Crippen molar-refractivity contribution in [3.8, 4) is 17.2 Å². The van der Waals surface area contributed by atoms with E-state index >= 15 is 0 Å². The predicted octanol–water partition coefficient (Wildman–Crippen LogP) is 5.15. The number of imidazole rings is 1. The number of methoxy groups -OCH3 is 2. The number of aromatic nitrogens is 2. The number of hydrogen-bond acceptors (Lipinski definition) is 5. The Bertz CT molecular complexity index is 1760. The molecule has 2 amide bonds. The lowest BCUT2D eigenvalue weighted by Crippen LogP contribution is -2.41. The molecule has 11 heteroatoms. The molecule has 0 saturated heterocycles. The zero-order valence-electron chi connectivity index (χ0n) is 23.0. The third-order valence-electron chi connectivity index (χ3n) is 7.91. The van der Waals surface area contributed by atoms with Gasteiger partial charge in [-0.3, -0.25) is 18.7 Å². The molecule has 0 saturated carbocycles. The summed E-state index contributed by atoms with van der Waals surface area (Å²) < 4.78 is 14.4. The first-order valence-corrected chi connectivity index (χ1v) is 14.7. The second-order valence-corrected chi connectivity index (χ2v) is 11.5. The molecular weight excluding hydrogens is 624 g/mol. The van der Waals surface area contributed by atoms with Crippen molar-refractivity contribution < 1.29 is 19.1 Å². The van der Waals surface area contributed by atoms with Gasteiger partial charge in [0.25, 0.3) is 11.8 Å². The van der Waals surface area contributed by atoms with Gasteiger partial charge in [0.1, 0.15) is 17.2 Å². The fraction of sp³-hybridized carbons (Fsp3) is 0.258. The molecule has 4 aromatic rings. The minimum absolute atomic E-state index is 0.0894. The third kappa shape index (κ3) is 4.98. The summed E-state index contributed by atoms with van der Waals surface area (Å²) in [5.74, 6) is 0.786. The van der Waals surface area contributed by atoms with E-state index in [-0.39, 0.29) is 42.3 Å². The van der Waals surface area contributed by atoms with Crippen molar-refractivity contribution in [3.05, 3.63) is 109 Å². The number of rotatable bonds is 6. The molecule has 2 heterocycles. The number of carbonyl (C=O) groups excluding carboxylic acids is 2. The van der Waals surface area contributed by atoms with E-state index in [1.54, 1.807) is 66.2 Å². The van der Waals surface area contributed by atoms with Gasteiger partial charge in [-0.25, -0.2) is 4.79 Å². The Balaban J connectivity index is 1.39. The van der Waals surface area contributed by atoms with Crippen LogP contribution in [0.3, 0.4) is 0 Å². The zero-order valence-corrected chi connectivity index (χ0v) is 25.4. The minimum atomic E-state index is -0.383. The molecule has 1 aromatic heterocycles. The summed E-state index contributed by atoms with van der Waals surface area (Å²) in [5.41, 5.74) is 3.45. The molecule has 1 aliphatic heterocycles. The van der Waals surface area contributed by atoms with Gasteiger partial charge in [0.2, 0.25) is 0 Å². The Labute approximate surface area is 255 Å². The van der Waals surface area contributed by atoms with E-state index in [0.29, 0.717) is 38.7 Å². The van der Waals surface area contributed by atoms with Crippen LogP contribution in [0, 0.1) is 0 Å². The number of hydrogen-bond donors (Lipinski definition) is 1. The number of amides is 2. The fourth-order valence-corrected chi connectivity index (χ4v) is 6.17. The van der Waals surface area contributed by atoms with Crippen LogP contribution >= 0.6 is 27.5 Å². The molecule has 216 valence electrons. The van der Waals surface area contributed by atoms with E-state index in [1.165, 1.54) is 4.57 Å². The highest BCUT2D eigenvalue weighted by Crippen LogP contribution is 2.34. The average Bonchev–Trinajstić information content (AvgIpc) is 3.55. The largest absolute Gasteiger partial charge is 0.497 e. The van der Waals surface area contributed by atoms with Crippen LogP contribution in [-0.4, -0.2) is 46.6 Å². The van der Waals surface area contributed by atoms with Gasteiger partial charge in [-0.15, -0.1) is 0 Å². The van der Waals surface area contributed by atoms with E-state index < -0.39 is 0 Å². The maximum Gasteiger partial charge on any atom is 0.333 e. The molecule has 0 unspecified atom stereocenters. The topological polar surface area (TPSA) is 94.8 Å². The lowest BCUT2D eigenvalue weighted by molar-refractivity contribution is 0.0706. The first-order chi connectivity index (χ1) is 20.3. The Kier molecular flexibility index (Phi) is 7.59. The number of carbonyl (C=O) groups is 2. The molecular formula is C31H28BrClN4O5. The second-order valence-electron chi connectivity index (χ2n) is 10.2. The summed E-state index contributed by atoms with van der Waals surface area (Å²) in [6.07, 6.45) is 1.53. The van der Waals surface area contributed by atoms with E-state index in [9.17, 15) is 14.4 Å². The van der Waals surface area contributed by atoms with Gasteiger partial charge < -0.3 is 19.7 Å². The standard InChI is InChI=1S/C31H28BrClN4O5/c1-41-21-7-5-20(6-8-21)37-28(29(38)34-26-12-4-18-15-22(42-2)9-10-23(18)26)27-17-35(13-14-36(27)31(37)40)30(39)19-3-11-24(32)25(33)16-19/h3,5-11,15-16,26H,4,12-14,17H2,1-2H3,(H,34,38)/t26-/m0/s1. The van der Waals surface area contributed by atoms with Crippen LogP contribution in [0.5, 0.6) is 11.5 Å². The summed E-state index contributed by atoms with van der Waals surface area (Å²) >= 11 is 9.62. The van der Waals surface area contributed by atoms with Crippen molar-refractivity contribution in [2.75, 3.05) is 20.8 Å². The predicted molar refractivity (Wildman–Crippen MR) is 162 cm³/mol. The number of benzene rings is 3. The molecule has 3 aromatic carbocycles. The maximum absolute atomic E-state index is 14.1. The average molecular weight is 652 g/mol. The number of nitrogens with one attached hydrogen (secondary N) is 1. The van der Waals surface area contributed by atoms with Crippen LogP contribution in [0.15, 0.2) is 69.9 Å². The van der Waals surface area contributed by atoms with Gasteiger partial charge in [0.15, 0.2) is 0 Å². The Morgan fingerprint density at radius 3 is 2.43 bits per heavy atom. The number of nitrogens with zero attached hydrogens (tertiary/aromatic N) is 3. The Morgan fingerprint density at radius 2 is 1.71 bits per heavy atom. The molecule has 0 spiro atoms. The minimum Gasteiger partial charge on any atom is -0.497 e. The normalized spacial score (nSPS) is 15.6. The summed E-state index contributed by atoms with van der Waals surface area (Å²) in [4.78, 5) is 43.0. The van der Waals surface area contributed by atoms with E-state index in [1.807, 2.05) is 18.2 Å². The van der Waals surface area contributed by atoms with E-state index in [4.69, 9.17) is 21.1 Å². The quantitative estimate of drug-likeness (QED) is 0.312. The molecule has 9 nitrogen and oxygen atoms in total. The highest BCUT2D eigenvalue weighted by Gasteiger charge is 2.34. The van der Waals surface area contributed by atoms with Crippen LogP contribution in [-0.2, 0) is 19.5 Å². The summed E-state index contributed by atoms with van der Waals surface area (Å²) in [5, 5.41) is 3.60. The Hall–Kier alpha value is -4.02. The molecule has 2 aliphatic rings. The molecule has 42 heavy (non-hydrogen) atoms. The monoisotopic (exact) mass is 650 g/mol. The van der Waals surface area contributed by atoms with Crippen molar-refractivity contribution in [2.24, 2.45) is 0 Å². The van der Waals surface area contributed by atoms with Crippen molar-refractivity contribution in [2.45, 2.75) is 32.0 Å². The van der Waals surface area contributed by atoms with Crippen molar-refractivity contribution in [1.82, 2.24) is 19.4 Å². The number of ether oxygens (including phenoxy) is 2. The van der Waals surface area contributed by atoms with E-state index in [0.717, 1.165) is 29.7 Å². The van der Waals surface area contributed by atoms with Crippen molar-refractivity contribution in [1.29, 1.82) is 0 Å². The second kappa shape index (κ2) is 11.3. The molecule has 1 aliphatic carbocycles. The first kappa shape index (κ1) is 28.1. The number of fused-ring (bicyclic) bond motifs is 2. The van der Waals surface area contributed by atoms with Crippen LogP contribution in [0.2, 0.25) is 5.02 Å². The van der Waals surface area contributed by atoms with E-state index in [2.05, 4.69) is 21.2 Å². The summed E-state index contributed by atoms with van der Waals surface area (Å²) in [6.45, 7) is 0.650. The molecule has 0 bridgehead atoms. The van der Waals surface area contributed by atoms with Gasteiger partial charge in [0, 0.05) is 23.1 Å². The molecule has 0 radical (unpaired) electrons. The van der Waals surface area contributed by atoms with Gasteiger partial charge in [0.05, 0.1) is 43.2 Å². The fourth-order valence-electron chi connectivity index (χ4n) is 5.75. The Morgan fingerprint density at radius 1 is 0.976 bits per heavy atom.